The molecule has 1 saturated carbocycles. The topological polar surface area (TPSA) is 83.9 Å². The van der Waals surface area contributed by atoms with E-state index in [1.165, 1.54) is 12.8 Å². The second-order valence-corrected chi connectivity index (χ2v) is 6.57. The van der Waals surface area contributed by atoms with Gasteiger partial charge in [-0.25, -0.2) is 4.79 Å². The largest absolute Gasteiger partial charge is 0.336 e. The number of amides is 1. The van der Waals surface area contributed by atoms with Crippen molar-refractivity contribution in [3.05, 3.63) is 58.5 Å². The van der Waals surface area contributed by atoms with Crippen LogP contribution in [0.25, 0.3) is 11.0 Å². The lowest BCUT2D eigenvalue weighted by molar-refractivity contribution is 0.0783. The van der Waals surface area contributed by atoms with Crippen molar-refractivity contribution in [3.8, 4) is 0 Å². The molecule has 1 amide bonds. The summed E-state index contributed by atoms with van der Waals surface area (Å²) in [7, 11) is 1.72. The summed E-state index contributed by atoms with van der Waals surface area (Å²) in [6.07, 6.45) is 7.21. The number of aromatic nitrogens is 4. The quantitative estimate of drug-likeness (QED) is 0.769. The van der Waals surface area contributed by atoms with Crippen LogP contribution < -0.4 is 5.69 Å². The van der Waals surface area contributed by atoms with E-state index >= 15 is 0 Å². The van der Waals surface area contributed by atoms with Gasteiger partial charge in [0.2, 0.25) is 0 Å². The monoisotopic (exact) mass is 337 g/mol. The fourth-order valence-corrected chi connectivity index (χ4v) is 2.98. The van der Waals surface area contributed by atoms with Crippen molar-refractivity contribution in [1.29, 1.82) is 0 Å². The van der Waals surface area contributed by atoms with Crippen LogP contribution in [0.4, 0.5) is 0 Å². The van der Waals surface area contributed by atoms with Gasteiger partial charge in [0.1, 0.15) is 0 Å². The molecule has 2 aromatic heterocycles. The number of aromatic amines is 1. The van der Waals surface area contributed by atoms with Gasteiger partial charge in [-0.1, -0.05) is 0 Å². The van der Waals surface area contributed by atoms with E-state index in [2.05, 4.69) is 15.0 Å². The molecule has 0 unspecified atom stereocenters. The molecule has 4 rings (SSSR count). The number of rotatable bonds is 5. The number of nitrogens with one attached hydrogen (secondary N) is 1. The SMILES string of the molecule is CN(Cc1cnccn1)C(=O)c1ccc2c(c1)[nH]c(=O)n2CC1CC1. The van der Waals surface area contributed by atoms with Gasteiger partial charge in [0.15, 0.2) is 0 Å². The molecule has 0 saturated heterocycles. The van der Waals surface area contributed by atoms with Crippen LogP contribution in [0.1, 0.15) is 28.9 Å². The molecule has 7 heteroatoms. The van der Waals surface area contributed by atoms with Crippen molar-refractivity contribution < 1.29 is 4.79 Å². The third-order valence-electron chi connectivity index (χ3n) is 4.52. The summed E-state index contributed by atoms with van der Waals surface area (Å²) in [6, 6.07) is 5.36. The fourth-order valence-electron chi connectivity index (χ4n) is 2.98. The standard InChI is InChI=1S/C18H19N5O2/c1-22(11-14-9-19-6-7-20-14)17(24)13-4-5-16-15(8-13)21-18(25)23(16)10-12-2-3-12/h4-9,12H,2-3,10-11H2,1H3,(H,21,25). The zero-order chi connectivity index (χ0) is 17.4. The van der Waals surface area contributed by atoms with Crippen molar-refractivity contribution in [3.63, 3.8) is 0 Å². The minimum atomic E-state index is -0.122. The summed E-state index contributed by atoms with van der Waals surface area (Å²) in [4.78, 5) is 37.4. The van der Waals surface area contributed by atoms with E-state index in [4.69, 9.17) is 0 Å². The highest BCUT2D eigenvalue weighted by Crippen LogP contribution is 2.31. The number of hydrogen-bond acceptors (Lipinski definition) is 4. The van der Waals surface area contributed by atoms with Gasteiger partial charge in [-0.2, -0.15) is 0 Å². The van der Waals surface area contributed by atoms with Crippen LogP contribution in [-0.4, -0.2) is 37.4 Å². The molecule has 1 aliphatic rings. The Morgan fingerprint density at radius 3 is 2.92 bits per heavy atom. The molecule has 25 heavy (non-hydrogen) atoms. The lowest BCUT2D eigenvalue weighted by atomic mass is 10.1. The summed E-state index contributed by atoms with van der Waals surface area (Å²) in [5.74, 6) is 0.486. The van der Waals surface area contributed by atoms with Crippen molar-refractivity contribution >= 4 is 16.9 Å². The Bertz CT molecular complexity index is 972. The van der Waals surface area contributed by atoms with Gasteiger partial charge in [0, 0.05) is 31.5 Å². The first-order valence-electron chi connectivity index (χ1n) is 8.35. The van der Waals surface area contributed by atoms with E-state index in [-0.39, 0.29) is 11.6 Å². The lowest BCUT2D eigenvalue weighted by Gasteiger charge is -2.16. The Kier molecular flexibility index (Phi) is 3.83. The summed E-state index contributed by atoms with van der Waals surface area (Å²) in [6.45, 7) is 1.13. The highest BCUT2D eigenvalue weighted by Gasteiger charge is 2.24. The van der Waals surface area contributed by atoms with Crippen molar-refractivity contribution in [1.82, 2.24) is 24.4 Å². The number of imidazole rings is 1. The first-order valence-corrected chi connectivity index (χ1v) is 8.35. The summed E-state index contributed by atoms with van der Waals surface area (Å²) in [5, 5.41) is 0. The third-order valence-corrected chi connectivity index (χ3v) is 4.52. The zero-order valence-electron chi connectivity index (χ0n) is 14.0. The Morgan fingerprint density at radius 2 is 2.20 bits per heavy atom. The molecule has 1 fully saturated rings. The van der Waals surface area contributed by atoms with E-state index in [0.29, 0.717) is 23.5 Å². The van der Waals surface area contributed by atoms with Crippen molar-refractivity contribution in [2.24, 2.45) is 5.92 Å². The predicted octanol–water partition coefficient (Wildman–Crippen LogP) is 1.80. The van der Waals surface area contributed by atoms with Crippen LogP contribution in [0.15, 0.2) is 41.6 Å². The van der Waals surface area contributed by atoms with E-state index in [9.17, 15) is 9.59 Å². The summed E-state index contributed by atoms with van der Waals surface area (Å²) < 4.78 is 1.77. The number of H-pyrrole nitrogens is 1. The van der Waals surface area contributed by atoms with E-state index in [1.54, 1.807) is 47.2 Å². The van der Waals surface area contributed by atoms with Gasteiger partial charge in [0.25, 0.3) is 5.91 Å². The maximum absolute atomic E-state index is 12.7. The highest BCUT2D eigenvalue weighted by molar-refractivity contribution is 5.97. The molecular weight excluding hydrogens is 318 g/mol. The molecule has 128 valence electrons. The molecule has 0 spiro atoms. The van der Waals surface area contributed by atoms with Crippen LogP contribution >= 0.6 is 0 Å². The van der Waals surface area contributed by atoms with Crippen LogP contribution in [0.5, 0.6) is 0 Å². The molecule has 3 aromatic rings. The smallest absolute Gasteiger partial charge is 0.326 e. The molecule has 0 radical (unpaired) electrons. The summed E-state index contributed by atoms with van der Waals surface area (Å²) in [5.41, 5.74) is 2.70. The maximum atomic E-state index is 12.7. The highest BCUT2D eigenvalue weighted by atomic mass is 16.2. The second kappa shape index (κ2) is 6.16. The van der Waals surface area contributed by atoms with Gasteiger partial charge < -0.3 is 9.88 Å². The molecule has 1 aromatic carbocycles. The molecule has 1 N–H and O–H groups in total. The molecule has 0 aliphatic heterocycles. The molecule has 0 atom stereocenters. The lowest BCUT2D eigenvalue weighted by Crippen LogP contribution is -2.26. The predicted molar refractivity (Wildman–Crippen MR) is 93.1 cm³/mol. The van der Waals surface area contributed by atoms with E-state index in [1.807, 2.05) is 6.07 Å². The third kappa shape index (κ3) is 3.17. The first-order chi connectivity index (χ1) is 12.1. The number of benzene rings is 1. The fraction of sp³-hybridized carbons (Fsp3) is 0.333. The molecule has 0 bridgehead atoms. The van der Waals surface area contributed by atoms with Crippen molar-refractivity contribution in [2.75, 3.05) is 7.05 Å². The first kappa shape index (κ1) is 15.6. The average Bonchev–Trinajstić information content (AvgIpc) is 3.38. The number of nitrogens with zero attached hydrogens (tertiary/aromatic N) is 4. The second-order valence-electron chi connectivity index (χ2n) is 6.57. The van der Waals surface area contributed by atoms with Crippen LogP contribution in [0.2, 0.25) is 0 Å². The minimum Gasteiger partial charge on any atom is -0.336 e. The van der Waals surface area contributed by atoms with Crippen LogP contribution in [0, 0.1) is 5.92 Å². The van der Waals surface area contributed by atoms with Gasteiger partial charge in [-0.05, 0) is 37.0 Å². The van der Waals surface area contributed by atoms with E-state index < -0.39 is 0 Å². The van der Waals surface area contributed by atoms with E-state index in [0.717, 1.165) is 17.8 Å². The van der Waals surface area contributed by atoms with Gasteiger partial charge >= 0.3 is 5.69 Å². The van der Waals surface area contributed by atoms with Crippen molar-refractivity contribution in [2.45, 2.75) is 25.9 Å². The zero-order valence-corrected chi connectivity index (χ0v) is 14.0. The number of fused-ring (bicyclic) bond motifs is 1. The Hall–Kier alpha value is -2.96. The van der Waals surface area contributed by atoms with Crippen LogP contribution in [-0.2, 0) is 13.1 Å². The van der Waals surface area contributed by atoms with Crippen LogP contribution in [0.3, 0.4) is 0 Å². The average molecular weight is 337 g/mol. The summed E-state index contributed by atoms with van der Waals surface area (Å²) >= 11 is 0. The molecule has 7 nitrogen and oxygen atoms in total. The number of carbonyl (C=O) groups is 1. The Labute approximate surface area is 144 Å². The normalized spacial score (nSPS) is 14.0. The molecule has 2 heterocycles. The van der Waals surface area contributed by atoms with Gasteiger partial charge in [-0.15, -0.1) is 0 Å². The number of carbonyl (C=O) groups excluding carboxylic acids is 1. The van der Waals surface area contributed by atoms with Gasteiger partial charge in [0.05, 0.1) is 29.5 Å². The molecular formula is C18H19N5O2. The molecule has 1 aliphatic carbocycles. The number of hydrogen-bond donors (Lipinski definition) is 1. The Morgan fingerprint density at radius 1 is 1.36 bits per heavy atom. The van der Waals surface area contributed by atoms with Gasteiger partial charge in [-0.3, -0.25) is 19.3 Å². The minimum absolute atomic E-state index is 0.112. The maximum Gasteiger partial charge on any atom is 0.326 e. The Balaban J connectivity index is 1.58.